The number of methoxy groups -OCH3 is 1. The number of amides is 1. The molecule has 1 saturated carbocycles. The van der Waals surface area contributed by atoms with E-state index in [0.717, 1.165) is 19.3 Å². The molecule has 0 radical (unpaired) electrons. The number of sulfonamides is 1. The maximum Gasteiger partial charge on any atom is 0.331 e. The van der Waals surface area contributed by atoms with E-state index in [1.54, 1.807) is 0 Å². The Morgan fingerprint density at radius 2 is 1.79 bits per heavy atom. The minimum atomic E-state index is -3.71. The van der Waals surface area contributed by atoms with Gasteiger partial charge in [-0.2, -0.15) is 4.31 Å². The lowest BCUT2D eigenvalue weighted by atomic mass is 9.81. The first-order chi connectivity index (χ1) is 13.8. The molecule has 0 aromatic heterocycles. The molecule has 1 aromatic carbocycles. The normalized spacial score (nSPS) is 22.6. The van der Waals surface area contributed by atoms with Crippen LogP contribution in [-0.4, -0.2) is 50.3 Å². The third-order valence-corrected chi connectivity index (χ3v) is 7.98. The molecule has 160 valence electrons. The SMILES string of the molecule is COC(=O)C1(NC(=O)[C@@H]2CCCN(S(=O)(=O)c3ccc(Cl)cc3)C2)CCCCC1. The summed E-state index contributed by atoms with van der Waals surface area (Å²) in [5.74, 6) is -1.21. The second-order valence-corrected chi connectivity index (χ2v) is 10.2. The fourth-order valence-electron chi connectivity index (χ4n) is 4.20. The monoisotopic (exact) mass is 442 g/mol. The molecule has 9 heteroatoms. The number of esters is 1. The van der Waals surface area contributed by atoms with Crippen molar-refractivity contribution >= 4 is 33.5 Å². The molecule has 1 N–H and O–H groups in total. The van der Waals surface area contributed by atoms with Crippen LogP contribution in [0.25, 0.3) is 0 Å². The zero-order chi connectivity index (χ0) is 21.1. The fraction of sp³-hybridized carbons (Fsp3) is 0.600. The van der Waals surface area contributed by atoms with Crippen molar-refractivity contribution < 1.29 is 22.7 Å². The lowest BCUT2D eigenvalue weighted by Gasteiger charge is -2.38. The van der Waals surface area contributed by atoms with Gasteiger partial charge in [-0.05, 0) is 49.9 Å². The van der Waals surface area contributed by atoms with Crippen LogP contribution in [0, 0.1) is 5.92 Å². The number of benzene rings is 1. The quantitative estimate of drug-likeness (QED) is 0.708. The molecule has 1 aromatic rings. The van der Waals surface area contributed by atoms with Gasteiger partial charge in [-0.1, -0.05) is 30.9 Å². The molecule has 1 saturated heterocycles. The molecular formula is C20H27ClN2O5S. The summed E-state index contributed by atoms with van der Waals surface area (Å²) in [6.45, 7) is 0.449. The summed E-state index contributed by atoms with van der Waals surface area (Å²) in [6.07, 6.45) is 4.96. The van der Waals surface area contributed by atoms with Gasteiger partial charge in [0.05, 0.1) is 17.9 Å². The second kappa shape index (κ2) is 9.02. The average Bonchev–Trinajstić information content (AvgIpc) is 2.74. The number of nitrogens with zero attached hydrogens (tertiary/aromatic N) is 1. The highest BCUT2D eigenvalue weighted by molar-refractivity contribution is 7.89. The van der Waals surface area contributed by atoms with E-state index in [4.69, 9.17) is 16.3 Å². The highest BCUT2D eigenvalue weighted by Gasteiger charge is 2.44. The zero-order valence-electron chi connectivity index (χ0n) is 16.5. The number of hydrogen-bond donors (Lipinski definition) is 1. The minimum Gasteiger partial charge on any atom is -0.467 e. The number of ether oxygens (including phenoxy) is 1. The summed E-state index contributed by atoms with van der Waals surface area (Å²) in [6, 6.07) is 6.00. The number of carbonyl (C=O) groups excluding carboxylic acids is 2. The van der Waals surface area contributed by atoms with Crippen molar-refractivity contribution in [2.24, 2.45) is 5.92 Å². The Hall–Kier alpha value is -1.64. The van der Waals surface area contributed by atoms with Gasteiger partial charge in [0.15, 0.2) is 0 Å². The molecule has 1 aliphatic heterocycles. The molecule has 29 heavy (non-hydrogen) atoms. The van der Waals surface area contributed by atoms with Crippen molar-refractivity contribution in [3.8, 4) is 0 Å². The van der Waals surface area contributed by atoms with Gasteiger partial charge in [0, 0.05) is 18.1 Å². The van der Waals surface area contributed by atoms with Crippen LogP contribution in [0.1, 0.15) is 44.9 Å². The first-order valence-electron chi connectivity index (χ1n) is 9.95. The average molecular weight is 443 g/mol. The largest absolute Gasteiger partial charge is 0.467 e. The van der Waals surface area contributed by atoms with Crippen LogP contribution in [0.15, 0.2) is 29.2 Å². The minimum absolute atomic E-state index is 0.0913. The van der Waals surface area contributed by atoms with Crippen LogP contribution < -0.4 is 5.32 Å². The number of rotatable bonds is 5. The van der Waals surface area contributed by atoms with Crippen LogP contribution >= 0.6 is 11.6 Å². The van der Waals surface area contributed by atoms with Crippen LogP contribution in [-0.2, 0) is 24.3 Å². The Bertz CT molecular complexity index is 850. The third kappa shape index (κ3) is 4.75. The number of carbonyl (C=O) groups is 2. The number of piperidine rings is 1. The zero-order valence-corrected chi connectivity index (χ0v) is 18.1. The van der Waals surface area contributed by atoms with Crippen molar-refractivity contribution in [2.45, 2.75) is 55.4 Å². The highest BCUT2D eigenvalue weighted by atomic mass is 35.5. The summed E-state index contributed by atoms with van der Waals surface area (Å²) >= 11 is 5.86. The molecule has 1 atom stereocenters. The maximum absolute atomic E-state index is 13.0. The second-order valence-electron chi connectivity index (χ2n) is 7.78. The Morgan fingerprint density at radius 3 is 2.41 bits per heavy atom. The van der Waals surface area contributed by atoms with Crippen LogP contribution in [0.4, 0.5) is 0 Å². The molecule has 2 aliphatic rings. The standard InChI is InChI=1S/C20H27ClN2O5S/c1-28-19(25)20(11-3-2-4-12-20)22-18(24)15-6-5-13-23(14-15)29(26,27)17-9-7-16(21)8-10-17/h7-10,15H,2-6,11-14H2,1H3,(H,22,24)/t15-/m1/s1. The van der Waals surface area contributed by atoms with Gasteiger partial charge in [-0.25, -0.2) is 13.2 Å². The molecule has 2 fully saturated rings. The first kappa shape index (κ1) is 22.1. The van der Waals surface area contributed by atoms with E-state index in [-0.39, 0.29) is 17.3 Å². The summed E-state index contributed by atoms with van der Waals surface area (Å²) < 4.78 is 32.2. The molecule has 0 bridgehead atoms. The lowest BCUT2D eigenvalue weighted by molar-refractivity contribution is -0.153. The van der Waals surface area contributed by atoms with Gasteiger partial charge >= 0.3 is 5.97 Å². The van der Waals surface area contributed by atoms with E-state index < -0.39 is 27.4 Å². The van der Waals surface area contributed by atoms with E-state index in [2.05, 4.69) is 5.32 Å². The van der Waals surface area contributed by atoms with Gasteiger partial charge in [0.1, 0.15) is 5.54 Å². The predicted octanol–water partition coefficient (Wildman–Crippen LogP) is 2.73. The van der Waals surface area contributed by atoms with Crippen molar-refractivity contribution in [1.82, 2.24) is 9.62 Å². The molecule has 3 rings (SSSR count). The molecule has 1 amide bonds. The summed E-state index contributed by atoms with van der Waals surface area (Å²) in [5.41, 5.74) is -0.999. The van der Waals surface area contributed by atoms with Gasteiger partial charge in [0.25, 0.3) is 0 Å². The van der Waals surface area contributed by atoms with Crippen LogP contribution in [0.5, 0.6) is 0 Å². The molecule has 1 aliphatic carbocycles. The van der Waals surface area contributed by atoms with Crippen molar-refractivity contribution in [3.05, 3.63) is 29.3 Å². The van der Waals surface area contributed by atoms with E-state index >= 15 is 0 Å². The Labute approximate surface area is 176 Å². The predicted molar refractivity (Wildman–Crippen MR) is 109 cm³/mol. The number of halogens is 1. The number of hydrogen-bond acceptors (Lipinski definition) is 5. The van der Waals surface area contributed by atoms with Crippen molar-refractivity contribution in [3.63, 3.8) is 0 Å². The Morgan fingerprint density at radius 1 is 1.14 bits per heavy atom. The highest BCUT2D eigenvalue weighted by Crippen LogP contribution is 2.31. The molecular weight excluding hydrogens is 416 g/mol. The van der Waals surface area contributed by atoms with E-state index in [1.807, 2.05) is 0 Å². The summed E-state index contributed by atoms with van der Waals surface area (Å²) in [5, 5.41) is 3.38. The summed E-state index contributed by atoms with van der Waals surface area (Å²) in [4.78, 5) is 25.5. The van der Waals surface area contributed by atoms with E-state index in [0.29, 0.717) is 37.3 Å². The van der Waals surface area contributed by atoms with Gasteiger partial charge in [0.2, 0.25) is 15.9 Å². The molecule has 0 spiro atoms. The van der Waals surface area contributed by atoms with Crippen molar-refractivity contribution in [2.75, 3.05) is 20.2 Å². The molecule has 1 heterocycles. The topological polar surface area (TPSA) is 92.8 Å². The molecule has 7 nitrogen and oxygen atoms in total. The Kier molecular flexibility index (Phi) is 6.86. The van der Waals surface area contributed by atoms with Crippen molar-refractivity contribution in [1.29, 1.82) is 0 Å². The smallest absolute Gasteiger partial charge is 0.331 e. The van der Waals surface area contributed by atoms with Gasteiger partial charge in [-0.3, -0.25) is 4.79 Å². The summed E-state index contributed by atoms with van der Waals surface area (Å²) in [7, 11) is -2.39. The first-order valence-corrected chi connectivity index (χ1v) is 11.8. The van der Waals surface area contributed by atoms with E-state index in [9.17, 15) is 18.0 Å². The fourth-order valence-corrected chi connectivity index (χ4v) is 5.85. The van der Waals surface area contributed by atoms with Gasteiger partial charge < -0.3 is 10.1 Å². The third-order valence-electron chi connectivity index (χ3n) is 5.85. The number of nitrogens with one attached hydrogen (secondary N) is 1. The van der Waals surface area contributed by atoms with Crippen LogP contribution in [0.2, 0.25) is 5.02 Å². The maximum atomic E-state index is 13.0. The Balaban J connectivity index is 1.73. The van der Waals surface area contributed by atoms with Gasteiger partial charge in [-0.15, -0.1) is 0 Å². The van der Waals surface area contributed by atoms with E-state index in [1.165, 1.54) is 35.7 Å². The molecule has 0 unspecified atom stereocenters. The van der Waals surface area contributed by atoms with Crippen LogP contribution in [0.3, 0.4) is 0 Å². The lowest BCUT2D eigenvalue weighted by Crippen LogP contribution is -2.58.